The molecule has 9 heteroatoms. The number of rotatable bonds is 6. The number of nitrogens with one attached hydrogen (secondary N) is 4. The van der Waals surface area contributed by atoms with Crippen molar-refractivity contribution < 1.29 is 14.4 Å². The molecule has 3 aliphatic rings. The lowest BCUT2D eigenvalue weighted by Gasteiger charge is -2.37. The topological polar surface area (TPSA) is 103 Å². The van der Waals surface area contributed by atoms with E-state index in [0.29, 0.717) is 38.4 Å². The van der Waals surface area contributed by atoms with Crippen LogP contribution in [-0.2, 0) is 9.59 Å². The Labute approximate surface area is 162 Å². The minimum atomic E-state index is -0.251. The Hall–Kier alpha value is -2.13. The molecule has 0 bridgehead atoms. The average molecular weight is 391 g/mol. The molecule has 1 aromatic rings. The summed E-state index contributed by atoms with van der Waals surface area (Å²) in [6, 6.07) is 1.78. The van der Waals surface area contributed by atoms with E-state index < -0.39 is 0 Å². The zero-order chi connectivity index (χ0) is 18.8. The molecule has 0 radical (unpaired) electrons. The van der Waals surface area contributed by atoms with E-state index in [1.807, 2.05) is 16.8 Å². The van der Waals surface area contributed by atoms with Crippen molar-refractivity contribution in [1.29, 1.82) is 0 Å². The number of hydrogen-bond acceptors (Lipinski definition) is 5. The molecule has 3 atom stereocenters. The van der Waals surface area contributed by atoms with Crippen molar-refractivity contribution in [3.8, 4) is 0 Å². The quantitative estimate of drug-likeness (QED) is 0.578. The van der Waals surface area contributed by atoms with Crippen LogP contribution < -0.4 is 21.3 Å². The Morgan fingerprint density at radius 3 is 2.85 bits per heavy atom. The maximum atomic E-state index is 12.2. The van der Waals surface area contributed by atoms with Gasteiger partial charge in [0.2, 0.25) is 11.8 Å². The van der Waals surface area contributed by atoms with Crippen molar-refractivity contribution in [3.05, 3.63) is 16.8 Å². The Morgan fingerprint density at radius 1 is 1.26 bits per heavy atom. The van der Waals surface area contributed by atoms with Crippen LogP contribution in [0.15, 0.2) is 16.8 Å². The number of nitrogens with zero attached hydrogens (tertiary/aromatic N) is 1. The summed E-state index contributed by atoms with van der Waals surface area (Å²) in [5.74, 6) is 0.103. The predicted molar refractivity (Wildman–Crippen MR) is 103 cm³/mol. The maximum Gasteiger partial charge on any atom is 0.319 e. The maximum absolute atomic E-state index is 12.2. The molecule has 4 N–H and O–H groups in total. The average Bonchev–Trinajstić information content (AvgIpc) is 3.11. The van der Waals surface area contributed by atoms with Crippen molar-refractivity contribution in [2.45, 2.75) is 56.3 Å². The second-order valence-electron chi connectivity index (χ2n) is 7.54. The number of thiophene rings is 1. The molecule has 0 aromatic carbocycles. The molecule has 146 valence electrons. The first-order valence-electron chi connectivity index (χ1n) is 9.51. The van der Waals surface area contributed by atoms with E-state index in [-0.39, 0.29) is 36.0 Å². The number of anilines is 1. The second-order valence-corrected chi connectivity index (χ2v) is 8.32. The Morgan fingerprint density at radius 2 is 2.11 bits per heavy atom. The number of urea groups is 1. The van der Waals surface area contributed by atoms with E-state index >= 15 is 0 Å². The van der Waals surface area contributed by atoms with Crippen LogP contribution in [0.4, 0.5) is 10.5 Å². The molecule has 8 nitrogen and oxygen atoms in total. The minimum absolute atomic E-state index is 0.0104. The van der Waals surface area contributed by atoms with Gasteiger partial charge in [-0.1, -0.05) is 0 Å². The van der Waals surface area contributed by atoms with Crippen LogP contribution in [-0.4, -0.2) is 60.0 Å². The molecule has 1 aromatic heterocycles. The smallest absolute Gasteiger partial charge is 0.319 e. The Kier molecular flexibility index (Phi) is 5.31. The summed E-state index contributed by atoms with van der Waals surface area (Å²) in [4.78, 5) is 38.5. The van der Waals surface area contributed by atoms with E-state index in [1.54, 1.807) is 0 Å². The van der Waals surface area contributed by atoms with Gasteiger partial charge in [0.25, 0.3) is 0 Å². The summed E-state index contributed by atoms with van der Waals surface area (Å²) in [5, 5.41) is 15.5. The fraction of sp³-hybridized carbons (Fsp3) is 0.611. The monoisotopic (exact) mass is 391 g/mol. The summed E-state index contributed by atoms with van der Waals surface area (Å²) < 4.78 is 0. The van der Waals surface area contributed by atoms with Crippen LogP contribution in [0.5, 0.6) is 0 Å². The summed E-state index contributed by atoms with van der Waals surface area (Å²) in [6.45, 7) is 1.18. The third-order valence-corrected chi connectivity index (χ3v) is 6.07. The molecule has 27 heavy (non-hydrogen) atoms. The van der Waals surface area contributed by atoms with Gasteiger partial charge in [-0.25, -0.2) is 4.79 Å². The number of carbonyl (C=O) groups is 3. The lowest BCUT2D eigenvalue weighted by molar-refractivity contribution is -0.129. The third-order valence-electron chi connectivity index (χ3n) is 5.38. The molecular weight excluding hydrogens is 366 g/mol. The minimum Gasteiger partial charge on any atom is -0.353 e. The molecule has 1 saturated carbocycles. The highest BCUT2D eigenvalue weighted by Gasteiger charge is 2.43. The Bertz CT molecular complexity index is 706. The van der Waals surface area contributed by atoms with Crippen LogP contribution >= 0.6 is 11.3 Å². The number of amides is 4. The third kappa shape index (κ3) is 4.59. The van der Waals surface area contributed by atoms with E-state index in [0.717, 1.165) is 18.5 Å². The number of carbonyl (C=O) groups excluding carboxylic acids is 3. The summed E-state index contributed by atoms with van der Waals surface area (Å²) >= 11 is 1.52. The first-order chi connectivity index (χ1) is 13.1. The van der Waals surface area contributed by atoms with Gasteiger partial charge in [0.05, 0.1) is 11.7 Å². The highest BCUT2D eigenvalue weighted by molar-refractivity contribution is 7.08. The molecule has 1 aliphatic carbocycles. The fourth-order valence-electron chi connectivity index (χ4n) is 3.86. The highest BCUT2D eigenvalue weighted by atomic mass is 32.1. The van der Waals surface area contributed by atoms with Crippen molar-refractivity contribution in [2.75, 3.05) is 18.4 Å². The lowest BCUT2D eigenvalue weighted by Crippen LogP contribution is -2.58. The number of fused-ring (bicyclic) bond motifs is 1. The number of hydrogen-bond donors (Lipinski definition) is 4. The molecule has 0 spiro atoms. The molecule has 4 rings (SSSR count). The Balaban J connectivity index is 1.29. The molecule has 0 unspecified atom stereocenters. The van der Waals surface area contributed by atoms with E-state index in [9.17, 15) is 14.4 Å². The van der Waals surface area contributed by atoms with Crippen LogP contribution in [0.2, 0.25) is 0 Å². The van der Waals surface area contributed by atoms with Crippen molar-refractivity contribution in [2.24, 2.45) is 0 Å². The van der Waals surface area contributed by atoms with Crippen LogP contribution in [0, 0.1) is 0 Å². The second kappa shape index (κ2) is 7.85. The predicted octanol–water partition coefficient (Wildman–Crippen LogP) is 0.870. The summed E-state index contributed by atoms with van der Waals surface area (Å²) in [7, 11) is 0. The zero-order valence-corrected chi connectivity index (χ0v) is 15.9. The van der Waals surface area contributed by atoms with Gasteiger partial charge in [0, 0.05) is 43.0 Å². The lowest BCUT2D eigenvalue weighted by atomic mass is 10.0. The molecule has 2 aliphatic heterocycles. The van der Waals surface area contributed by atoms with Gasteiger partial charge in [-0.2, -0.15) is 11.3 Å². The normalized spacial score (nSPS) is 27.6. The summed E-state index contributed by atoms with van der Waals surface area (Å²) in [6.07, 6.45) is 3.94. The van der Waals surface area contributed by atoms with Crippen molar-refractivity contribution in [1.82, 2.24) is 20.9 Å². The summed E-state index contributed by atoms with van der Waals surface area (Å²) in [5.41, 5.74) is 0.769. The largest absolute Gasteiger partial charge is 0.353 e. The van der Waals surface area contributed by atoms with Gasteiger partial charge in [0.15, 0.2) is 0 Å². The first-order valence-corrected chi connectivity index (χ1v) is 10.5. The van der Waals surface area contributed by atoms with Gasteiger partial charge in [0.1, 0.15) is 0 Å². The standard InChI is InChI=1S/C18H25N5O3S/c24-16(20-11-1-2-11)4-3-14-8-19-17(25)15-7-13(9-23(14)15)22-18(26)21-12-5-6-27-10-12/h5-6,10-11,13-15H,1-4,7-9H2,(H,19,25)(H,20,24)(H2,21,22,26)/t13-,14+,15-/m0/s1. The van der Waals surface area contributed by atoms with Gasteiger partial charge >= 0.3 is 6.03 Å². The van der Waals surface area contributed by atoms with E-state index in [2.05, 4.69) is 26.2 Å². The van der Waals surface area contributed by atoms with E-state index in [4.69, 9.17) is 0 Å². The van der Waals surface area contributed by atoms with Crippen molar-refractivity contribution >= 4 is 34.9 Å². The first kappa shape index (κ1) is 18.2. The SMILES string of the molecule is O=C(CC[C@@H]1CNC(=O)[C@@H]2C[C@H](NC(=O)Nc3ccsc3)CN12)NC1CC1. The molecule has 3 fully saturated rings. The fourth-order valence-corrected chi connectivity index (χ4v) is 4.45. The number of piperazine rings is 1. The van der Waals surface area contributed by atoms with Gasteiger partial charge in [-0.3, -0.25) is 14.5 Å². The van der Waals surface area contributed by atoms with Gasteiger partial charge < -0.3 is 21.3 Å². The van der Waals surface area contributed by atoms with Crippen LogP contribution in [0.1, 0.15) is 32.1 Å². The van der Waals surface area contributed by atoms with Crippen LogP contribution in [0.25, 0.3) is 0 Å². The molecule has 2 saturated heterocycles. The van der Waals surface area contributed by atoms with E-state index in [1.165, 1.54) is 11.3 Å². The zero-order valence-electron chi connectivity index (χ0n) is 15.1. The molecule has 3 heterocycles. The molecular formula is C18H25N5O3S. The van der Waals surface area contributed by atoms with Crippen LogP contribution in [0.3, 0.4) is 0 Å². The van der Waals surface area contributed by atoms with Gasteiger partial charge in [-0.15, -0.1) is 0 Å². The molecule has 4 amide bonds. The highest BCUT2D eigenvalue weighted by Crippen LogP contribution is 2.26. The van der Waals surface area contributed by atoms with Crippen molar-refractivity contribution in [3.63, 3.8) is 0 Å². The van der Waals surface area contributed by atoms with Gasteiger partial charge in [-0.05, 0) is 37.1 Å².